The van der Waals surface area contributed by atoms with Crippen molar-refractivity contribution in [1.29, 1.82) is 0 Å². The monoisotopic (exact) mass is 103 g/mol. The summed E-state index contributed by atoms with van der Waals surface area (Å²) in [5.74, 6) is 4.73. The summed E-state index contributed by atoms with van der Waals surface area (Å²) in [6.07, 6.45) is 2.18. The van der Waals surface area contributed by atoms with Crippen LogP contribution in [0.4, 0.5) is 0 Å². The van der Waals surface area contributed by atoms with E-state index in [1.807, 2.05) is 5.48 Å². The fraction of sp³-hybridized carbons (Fsp3) is 0.667. The second-order valence-corrected chi connectivity index (χ2v) is 1.03. The van der Waals surface area contributed by atoms with E-state index >= 15 is 0 Å². The van der Waals surface area contributed by atoms with Gasteiger partial charge in [-0.05, 0) is 6.42 Å². The first-order valence-electron chi connectivity index (χ1n) is 2.00. The Balaban J connectivity index is 2.69. The van der Waals surface area contributed by atoms with E-state index in [2.05, 4.69) is 5.10 Å². The maximum atomic E-state index is 7.94. The summed E-state index contributed by atoms with van der Waals surface area (Å²) in [4.78, 5) is 0. The van der Waals surface area contributed by atoms with Gasteiger partial charge in [-0.1, -0.05) is 0 Å². The van der Waals surface area contributed by atoms with Crippen LogP contribution < -0.4 is 11.3 Å². The Morgan fingerprint density at radius 3 is 3.00 bits per heavy atom. The molecule has 0 aliphatic carbocycles. The van der Waals surface area contributed by atoms with Gasteiger partial charge in [-0.15, -0.1) is 0 Å². The van der Waals surface area contributed by atoms with Crippen LogP contribution in [0.25, 0.3) is 0 Å². The van der Waals surface area contributed by atoms with Gasteiger partial charge in [0.15, 0.2) is 0 Å². The van der Waals surface area contributed by atoms with Crippen LogP contribution in [-0.2, 0) is 0 Å². The SMILES string of the molecule is N/N=C/CCNO. The normalized spacial score (nSPS) is 10.4. The van der Waals surface area contributed by atoms with Crippen molar-refractivity contribution in [2.24, 2.45) is 10.9 Å². The molecule has 0 heterocycles. The average Bonchev–Trinajstić information content (AvgIpc) is 1.69. The van der Waals surface area contributed by atoms with Crippen molar-refractivity contribution in [3.05, 3.63) is 0 Å². The van der Waals surface area contributed by atoms with Crippen molar-refractivity contribution >= 4 is 6.21 Å². The Morgan fingerprint density at radius 1 is 1.86 bits per heavy atom. The zero-order valence-corrected chi connectivity index (χ0v) is 3.96. The zero-order valence-electron chi connectivity index (χ0n) is 3.96. The van der Waals surface area contributed by atoms with Gasteiger partial charge in [0.1, 0.15) is 0 Å². The van der Waals surface area contributed by atoms with Crippen molar-refractivity contribution in [3.8, 4) is 0 Å². The smallest absolute Gasteiger partial charge is 0.0257 e. The van der Waals surface area contributed by atoms with Gasteiger partial charge < -0.3 is 11.0 Å². The van der Waals surface area contributed by atoms with Crippen LogP contribution in [0, 0.1) is 0 Å². The molecule has 0 radical (unpaired) electrons. The molecular weight excluding hydrogens is 94.1 g/mol. The summed E-state index contributed by atoms with van der Waals surface area (Å²) in [5.41, 5.74) is 1.96. The molecule has 0 aliphatic heterocycles. The minimum atomic E-state index is 0.501. The van der Waals surface area contributed by atoms with Gasteiger partial charge in [-0.3, -0.25) is 0 Å². The van der Waals surface area contributed by atoms with E-state index in [4.69, 9.17) is 11.0 Å². The van der Waals surface area contributed by atoms with E-state index in [1.54, 1.807) is 0 Å². The molecule has 7 heavy (non-hydrogen) atoms. The minimum absolute atomic E-state index is 0.501. The second kappa shape index (κ2) is 5.39. The standard InChI is InChI=1S/C3H9N3O/c4-5-2-1-3-6-7/h2,6-7H,1,3-4H2/b5-2+. The Kier molecular flexibility index (Phi) is 4.92. The molecule has 0 aromatic carbocycles. The topological polar surface area (TPSA) is 70.6 Å². The molecular formula is C3H9N3O. The molecule has 4 nitrogen and oxygen atoms in total. The van der Waals surface area contributed by atoms with E-state index in [0.29, 0.717) is 13.0 Å². The highest BCUT2D eigenvalue weighted by Crippen LogP contribution is 1.63. The number of hydroxylamine groups is 1. The van der Waals surface area contributed by atoms with Crippen LogP contribution in [0.1, 0.15) is 6.42 Å². The quantitative estimate of drug-likeness (QED) is 0.191. The predicted octanol–water partition coefficient (Wildman–Crippen LogP) is -0.700. The lowest BCUT2D eigenvalue weighted by Gasteiger charge is -1.86. The highest BCUT2D eigenvalue weighted by Gasteiger charge is 1.73. The van der Waals surface area contributed by atoms with Gasteiger partial charge in [-0.2, -0.15) is 5.10 Å². The number of nitrogens with one attached hydrogen (secondary N) is 1. The lowest BCUT2D eigenvalue weighted by molar-refractivity contribution is 0.170. The van der Waals surface area contributed by atoms with Crippen LogP contribution in [0.5, 0.6) is 0 Å². The Hall–Kier alpha value is -0.610. The molecule has 4 heteroatoms. The van der Waals surface area contributed by atoms with E-state index < -0.39 is 0 Å². The van der Waals surface area contributed by atoms with Crippen molar-refractivity contribution in [1.82, 2.24) is 5.48 Å². The Morgan fingerprint density at radius 2 is 2.57 bits per heavy atom. The summed E-state index contributed by atoms with van der Waals surface area (Å²) >= 11 is 0. The Labute approximate surface area is 42.0 Å². The van der Waals surface area contributed by atoms with E-state index in [1.165, 1.54) is 6.21 Å². The van der Waals surface area contributed by atoms with E-state index in [0.717, 1.165) is 0 Å². The summed E-state index contributed by atoms with van der Waals surface area (Å²) in [6, 6.07) is 0. The van der Waals surface area contributed by atoms with Crippen molar-refractivity contribution in [3.63, 3.8) is 0 Å². The van der Waals surface area contributed by atoms with Gasteiger partial charge in [0.25, 0.3) is 0 Å². The van der Waals surface area contributed by atoms with Gasteiger partial charge >= 0.3 is 0 Å². The first-order chi connectivity index (χ1) is 3.41. The maximum absolute atomic E-state index is 7.94. The molecule has 0 saturated carbocycles. The second-order valence-electron chi connectivity index (χ2n) is 1.03. The number of nitrogens with zero attached hydrogens (tertiary/aromatic N) is 1. The molecule has 0 amide bonds. The lowest BCUT2D eigenvalue weighted by Crippen LogP contribution is -2.08. The van der Waals surface area contributed by atoms with Gasteiger partial charge in [0.2, 0.25) is 0 Å². The highest BCUT2D eigenvalue weighted by molar-refractivity contribution is 5.56. The van der Waals surface area contributed by atoms with Crippen LogP contribution >= 0.6 is 0 Å². The average molecular weight is 103 g/mol. The highest BCUT2D eigenvalue weighted by atomic mass is 16.5. The van der Waals surface area contributed by atoms with Gasteiger partial charge in [-0.25, -0.2) is 5.48 Å². The third kappa shape index (κ3) is 5.39. The molecule has 0 atom stereocenters. The molecule has 4 N–H and O–H groups in total. The number of hydrogen-bond acceptors (Lipinski definition) is 4. The molecule has 0 aromatic heterocycles. The number of hydrazone groups is 1. The third-order valence-electron chi connectivity index (χ3n) is 0.491. The zero-order chi connectivity index (χ0) is 5.54. The fourth-order valence-corrected chi connectivity index (χ4v) is 0.204. The third-order valence-corrected chi connectivity index (χ3v) is 0.491. The minimum Gasteiger partial charge on any atom is -0.324 e. The first-order valence-corrected chi connectivity index (χ1v) is 2.00. The summed E-state index contributed by atoms with van der Waals surface area (Å²) in [7, 11) is 0. The Bertz CT molecular complexity index is 54.1. The van der Waals surface area contributed by atoms with Crippen LogP contribution in [0.2, 0.25) is 0 Å². The predicted molar refractivity (Wildman–Crippen MR) is 27.1 cm³/mol. The summed E-state index contributed by atoms with van der Waals surface area (Å²) < 4.78 is 0. The molecule has 0 rings (SSSR count). The molecule has 0 aliphatic rings. The number of rotatable bonds is 3. The lowest BCUT2D eigenvalue weighted by atomic mass is 10.5. The molecule has 0 fully saturated rings. The van der Waals surface area contributed by atoms with Gasteiger partial charge in [0, 0.05) is 12.8 Å². The largest absolute Gasteiger partial charge is 0.324 e. The fourth-order valence-electron chi connectivity index (χ4n) is 0.204. The number of hydrogen-bond donors (Lipinski definition) is 3. The van der Waals surface area contributed by atoms with Crippen molar-refractivity contribution in [2.45, 2.75) is 6.42 Å². The number of nitrogens with two attached hydrogens (primary N) is 1. The molecule has 0 bridgehead atoms. The molecule has 0 saturated heterocycles. The van der Waals surface area contributed by atoms with Crippen molar-refractivity contribution in [2.75, 3.05) is 6.54 Å². The molecule has 42 valence electrons. The van der Waals surface area contributed by atoms with Crippen LogP contribution in [0.3, 0.4) is 0 Å². The van der Waals surface area contributed by atoms with Crippen molar-refractivity contribution < 1.29 is 5.21 Å². The van der Waals surface area contributed by atoms with Crippen LogP contribution in [-0.4, -0.2) is 18.0 Å². The molecule has 0 aromatic rings. The maximum Gasteiger partial charge on any atom is 0.0257 e. The summed E-state index contributed by atoms with van der Waals surface area (Å²) in [6.45, 7) is 0.501. The van der Waals surface area contributed by atoms with E-state index in [-0.39, 0.29) is 0 Å². The van der Waals surface area contributed by atoms with E-state index in [9.17, 15) is 0 Å². The summed E-state index contributed by atoms with van der Waals surface area (Å²) in [5, 5.41) is 11.1. The van der Waals surface area contributed by atoms with Crippen LogP contribution in [0.15, 0.2) is 5.10 Å². The molecule has 0 unspecified atom stereocenters. The first kappa shape index (κ1) is 6.39. The van der Waals surface area contributed by atoms with Gasteiger partial charge in [0.05, 0.1) is 0 Å². The molecule has 0 spiro atoms.